The topological polar surface area (TPSA) is 142 Å². The molecular formula is C45H48F2N8O5. The lowest BCUT2D eigenvalue weighted by molar-refractivity contribution is -0.137. The number of pyridine rings is 1. The standard InChI is InChI=1S/C45H48F2N8O5/c1-26-18-31-30-4-2-3-5-34(30)49-40(31)41(54(26)24-36(46)47)27-6-8-37(48-21-27)52-14-10-45(11-15-52)12-16-53(17-13-45)39(57)25-51-22-28-19-32-33(20-29(28)23-51)44(60)55(43(32)59)35-7-9-38(56)50-42(35)58/h2-6,8,19-21,26,35-36,41,49H,7,9-18,22-25H2,1H3,(H,50,56,58)/t26-,35?,41-/m1/s1. The summed E-state index contributed by atoms with van der Waals surface area (Å²) in [4.78, 5) is 82.0. The van der Waals surface area contributed by atoms with Crippen LogP contribution in [0.1, 0.15) is 100 Å². The number of rotatable bonds is 7. The van der Waals surface area contributed by atoms with Crippen LogP contribution in [0.5, 0.6) is 0 Å². The third-order valence-electron chi connectivity index (χ3n) is 14.2. The molecule has 0 saturated carbocycles. The van der Waals surface area contributed by atoms with Crippen LogP contribution in [0.25, 0.3) is 10.9 Å². The van der Waals surface area contributed by atoms with E-state index in [-0.39, 0.29) is 60.5 Å². The Morgan fingerprint density at radius 2 is 1.60 bits per heavy atom. The third kappa shape index (κ3) is 6.66. The Hall–Kier alpha value is -5.54. The fourth-order valence-electron chi connectivity index (χ4n) is 10.8. The molecule has 312 valence electrons. The number of hydrogen-bond donors (Lipinski definition) is 2. The summed E-state index contributed by atoms with van der Waals surface area (Å²) in [5, 5.41) is 3.37. The second kappa shape index (κ2) is 14.9. The van der Waals surface area contributed by atoms with E-state index in [1.807, 2.05) is 52.1 Å². The van der Waals surface area contributed by atoms with Crippen molar-refractivity contribution >= 4 is 46.3 Å². The number of carbonyl (C=O) groups is 5. The van der Waals surface area contributed by atoms with Gasteiger partial charge in [0.2, 0.25) is 17.7 Å². The van der Waals surface area contributed by atoms with Crippen molar-refractivity contribution in [2.45, 2.75) is 89.5 Å². The maximum Gasteiger partial charge on any atom is 0.262 e. The van der Waals surface area contributed by atoms with E-state index in [0.717, 1.165) is 82.8 Å². The summed E-state index contributed by atoms with van der Waals surface area (Å²) in [5.41, 5.74) is 6.54. The number of nitrogens with one attached hydrogen (secondary N) is 2. The number of hydrogen-bond acceptors (Lipinski definition) is 9. The van der Waals surface area contributed by atoms with Crippen LogP contribution < -0.4 is 10.2 Å². The zero-order chi connectivity index (χ0) is 41.4. The van der Waals surface area contributed by atoms with Gasteiger partial charge in [-0.1, -0.05) is 24.3 Å². The van der Waals surface area contributed by atoms with Crippen LogP contribution >= 0.6 is 0 Å². The number of H-pyrrole nitrogens is 1. The molecule has 8 heterocycles. The average Bonchev–Trinajstić information content (AvgIpc) is 3.88. The van der Waals surface area contributed by atoms with Gasteiger partial charge in [-0.05, 0) is 97.4 Å². The van der Waals surface area contributed by atoms with Crippen molar-refractivity contribution in [3.8, 4) is 0 Å². The second-order valence-electron chi connectivity index (χ2n) is 17.7. The molecule has 1 unspecified atom stereocenters. The van der Waals surface area contributed by atoms with Crippen LogP contribution in [0.2, 0.25) is 0 Å². The Labute approximate surface area is 346 Å². The zero-order valence-electron chi connectivity index (χ0n) is 33.6. The van der Waals surface area contributed by atoms with E-state index in [0.29, 0.717) is 32.6 Å². The monoisotopic (exact) mass is 818 g/mol. The highest BCUT2D eigenvalue weighted by molar-refractivity contribution is 6.23. The van der Waals surface area contributed by atoms with E-state index < -0.39 is 36.1 Å². The quantitative estimate of drug-likeness (QED) is 0.252. The van der Waals surface area contributed by atoms with Crippen LogP contribution in [-0.2, 0) is 33.9 Å². The van der Waals surface area contributed by atoms with E-state index in [9.17, 15) is 32.8 Å². The minimum atomic E-state index is -2.45. The fourth-order valence-corrected chi connectivity index (χ4v) is 10.8. The Morgan fingerprint density at radius 3 is 2.25 bits per heavy atom. The minimum Gasteiger partial charge on any atom is -0.357 e. The van der Waals surface area contributed by atoms with Gasteiger partial charge in [0.25, 0.3) is 18.2 Å². The summed E-state index contributed by atoms with van der Waals surface area (Å²) in [6.07, 6.45) is 4.18. The van der Waals surface area contributed by atoms with Gasteiger partial charge in [0.15, 0.2) is 0 Å². The molecule has 5 amide bonds. The van der Waals surface area contributed by atoms with Gasteiger partial charge >= 0.3 is 0 Å². The molecule has 3 atom stereocenters. The number of alkyl halides is 2. The number of aromatic nitrogens is 2. The molecule has 60 heavy (non-hydrogen) atoms. The van der Waals surface area contributed by atoms with E-state index in [1.165, 1.54) is 5.56 Å². The van der Waals surface area contributed by atoms with Crippen LogP contribution in [0.15, 0.2) is 54.7 Å². The summed E-state index contributed by atoms with van der Waals surface area (Å²) in [6.45, 7) is 6.04. The first kappa shape index (κ1) is 38.6. The molecule has 0 aliphatic carbocycles. The number of halogens is 2. The average molecular weight is 819 g/mol. The number of aromatic amines is 1. The van der Waals surface area contributed by atoms with Crippen molar-refractivity contribution in [3.05, 3.63) is 93.8 Å². The number of para-hydroxylation sites is 1. The highest BCUT2D eigenvalue weighted by Crippen LogP contribution is 2.44. The van der Waals surface area contributed by atoms with Crippen LogP contribution in [0.4, 0.5) is 14.6 Å². The number of carbonyl (C=O) groups excluding carboxylic acids is 5. The Bertz CT molecular complexity index is 2370. The van der Waals surface area contributed by atoms with Crippen molar-refractivity contribution in [1.29, 1.82) is 0 Å². The molecule has 1 spiro atoms. The van der Waals surface area contributed by atoms with Crippen LogP contribution in [0, 0.1) is 5.41 Å². The molecule has 3 saturated heterocycles. The molecule has 13 nitrogen and oxygen atoms in total. The lowest BCUT2D eigenvalue weighted by Crippen LogP contribution is -2.54. The minimum absolute atomic E-state index is 0.0574. The third-order valence-corrected chi connectivity index (χ3v) is 14.2. The summed E-state index contributed by atoms with van der Waals surface area (Å²) in [6, 6.07) is 14.3. The SMILES string of the molecule is C[C@@H]1Cc2c([nH]c3ccccc23)[C@@H](c2ccc(N3CCC4(CCN(C(=O)CN5Cc6cc7c(cc6C5)C(=O)N(C5CCC(=O)NC5=O)C7=O)CC4)CC3)nc2)N1CC(F)F. The molecular weight excluding hydrogens is 771 g/mol. The highest BCUT2D eigenvalue weighted by Gasteiger charge is 2.46. The molecule has 2 N–H and O–H groups in total. The maximum absolute atomic E-state index is 13.9. The summed E-state index contributed by atoms with van der Waals surface area (Å²) in [7, 11) is 0. The van der Waals surface area contributed by atoms with Gasteiger partial charge in [-0.2, -0.15) is 0 Å². The lowest BCUT2D eigenvalue weighted by atomic mass is 9.71. The molecule has 3 fully saturated rings. The number of amides is 5. The van der Waals surface area contributed by atoms with E-state index in [4.69, 9.17) is 4.98 Å². The van der Waals surface area contributed by atoms with E-state index in [1.54, 1.807) is 12.1 Å². The second-order valence-corrected chi connectivity index (χ2v) is 17.7. The van der Waals surface area contributed by atoms with E-state index >= 15 is 0 Å². The molecule has 2 aromatic heterocycles. The predicted octanol–water partition coefficient (Wildman–Crippen LogP) is 4.79. The molecule has 0 bridgehead atoms. The van der Waals surface area contributed by atoms with Crippen molar-refractivity contribution in [3.63, 3.8) is 0 Å². The summed E-state index contributed by atoms with van der Waals surface area (Å²) < 4.78 is 27.8. The normalized spacial score (nSPS) is 24.4. The first-order chi connectivity index (χ1) is 28.9. The number of fused-ring (bicyclic) bond motifs is 5. The van der Waals surface area contributed by atoms with E-state index in [2.05, 4.69) is 27.3 Å². The first-order valence-corrected chi connectivity index (χ1v) is 21.2. The molecule has 6 aliphatic rings. The maximum atomic E-state index is 13.9. The van der Waals surface area contributed by atoms with Gasteiger partial charge in [0.05, 0.1) is 30.3 Å². The number of imide groups is 2. The molecule has 4 aromatic rings. The van der Waals surface area contributed by atoms with Crippen molar-refractivity contribution in [1.82, 2.24) is 34.9 Å². The van der Waals surface area contributed by atoms with Crippen molar-refractivity contribution in [2.75, 3.05) is 44.2 Å². The Kier molecular flexibility index (Phi) is 9.58. The summed E-state index contributed by atoms with van der Waals surface area (Å²) >= 11 is 0. The molecule has 6 aliphatic heterocycles. The van der Waals surface area contributed by atoms with Crippen molar-refractivity contribution in [2.24, 2.45) is 5.41 Å². The van der Waals surface area contributed by atoms with Gasteiger partial charge in [0.1, 0.15) is 11.9 Å². The Balaban J connectivity index is 0.735. The molecule has 15 heteroatoms. The number of benzene rings is 2. The molecule has 0 radical (unpaired) electrons. The number of likely N-dealkylation sites (tertiary alicyclic amines) is 1. The lowest BCUT2D eigenvalue weighted by Gasteiger charge is -2.47. The van der Waals surface area contributed by atoms with Gasteiger partial charge in [-0.3, -0.25) is 44.0 Å². The van der Waals surface area contributed by atoms with Gasteiger partial charge in [-0.25, -0.2) is 13.8 Å². The van der Waals surface area contributed by atoms with Gasteiger partial charge in [0, 0.05) is 74.5 Å². The summed E-state index contributed by atoms with van der Waals surface area (Å²) in [5.74, 6) is -1.14. The number of piperidine rings is 3. The van der Waals surface area contributed by atoms with Crippen LogP contribution in [0.3, 0.4) is 0 Å². The predicted molar refractivity (Wildman–Crippen MR) is 217 cm³/mol. The largest absolute Gasteiger partial charge is 0.357 e. The first-order valence-electron chi connectivity index (χ1n) is 21.2. The Morgan fingerprint density at radius 1 is 0.917 bits per heavy atom. The number of nitrogens with zero attached hydrogens (tertiary/aromatic N) is 6. The highest BCUT2D eigenvalue weighted by atomic mass is 19.3. The van der Waals surface area contributed by atoms with Crippen LogP contribution in [-0.4, -0.2) is 117 Å². The zero-order valence-corrected chi connectivity index (χ0v) is 33.6. The molecule has 10 rings (SSSR count). The fraction of sp³-hybridized carbons (Fsp3) is 0.467. The molecule has 2 aromatic carbocycles. The van der Waals surface area contributed by atoms with Gasteiger partial charge < -0.3 is 14.8 Å². The van der Waals surface area contributed by atoms with Gasteiger partial charge in [-0.15, -0.1) is 0 Å². The van der Waals surface area contributed by atoms with Crippen molar-refractivity contribution < 1.29 is 32.8 Å². The smallest absolute Gasteiger partial charge is 0.262 e. The number of anilines is 1.